The molecule has 2 aliphatic carbocycles. The van der Waals surface area contributed by atoms with Crippen LogP contribution in [0.3, 0.4) is 0 Å². The highest BCUT2D eigenvalue weighted by Gasteiger charge is 2.56. The van der Waals surface area contributed by atoms with Gasteiger partial charge in [-0.3, -0.25) is 0 Å². The van der Waals surface area contributed by atoms with E-state index in [0.29, 0.717) is 17.6 Å². The minimum absolute atomic E-state index is 0.492. The standard InChI is InChI=1S/C18H34N2O/c1-4-21-17-11-16(18(17)8-5-6-9-18)19-12-15-7-10-20(13-15)14(2)3/h14-17,19H,4-13H2,1-3H3. The van der Waals surface area contributed by atoms with Crippen LogP contribution < -0.4 is 5.32 Å². The lowest BCUT2D eigenvalue weighted by Crippen LogP contribution is -2.63. The van der Waals surface area contributed by atoms with Gasteiger partial charge >= 0.3 is 0 Å². The Morgan fingerprint density at radius 2 is 2.05 bits per heavy atom. The molecule has 3 unspecified atom stereocenters. The normalized spacial score (nSPS) is 35.7. The summed E-state index contributed by atoms with van der Waals surface area (Å²) in [5.41, 5.74) is 0.492. The van der Waals surface area contributed by atoms with Crippen LogP contribution in [-0.4, -0.2) is 49.3 Å². The van der Waals surface area contributed by atoms with Crippen LogP contribution in [0.25, 0.3) is 0 Å². The van der Waals surface area contributed by atoms with Crippen molar-refractivity contribution < 1.29 is 4.74 Å². The Morgan fingerprint density at radius 3 is 2.67 bits per heavy atom. The number of hydrogen-bond acceptors (Lipinski definition) is 3. The van der Waals surface area contributed by atoms with Crippen molar-refractivity contribution in [2.45, 2.75) is 77.5 Å². The van der Waals surface area contributed by atoms with Crippen LogP contribution in [0.1, 0.15) is 59.3 Å². The van der Waals surface area contributed by atoms with Gasteiger partial charge in [0.1, 0.15) is 0 Å². The lowest BCUT2D eigenvalue weighted by molar-refractivity contribution is -0.130. The highest BCUT2D eigenvalue weighted by molar-refractivity contribution is 5.10. The van der Waals surface area contributed by atoms with E-state index in [1.807, 2.05) is 0 Å². The van der Waals surface area contributed by atoms with Gasteiger partial charge in [-0.15, -0.1) is 0 Å². The van der Waals surface area contributed by atoms with Crippen molar-refractivity contribution in [2.75, 3.05) is 26.2 Å². The van der Waals surface area contributed by atoms with E-state index >= 15 is 0 Å². The first-order valence-corrected chi connectivity index (χ1v) is 9.24. The van der Waals surface area contributed by atoms with Gasteiger partial charge in [-0.2, -0.15) is 0 Å². The summed E-state index contributed by atoms with van der Waals surface area (Å²) in [6.45, 7) is 11.5. The molecule has 3 atom stereocenters. The summed E-state index contributed by atoms with van der Waals surface area (Å²) >= 11 is 0. The molecular formula is C18H34N2O. The number of hydrogen-bond donors (Lipinski definition) is 1. The van der Waals surface area contributed by atoms with Crippen LogP contribution in [0.15, 0.2) is 0 Å². The molecule has 21 heavy (non-hydrogen) atoms. The molecule has 2 saturated carbocycles. The van der Waals surface area contributed by atoms with Gasteiger partial charge < -0.3 is 15.0 Å². The van der Waals surface area contributed by atoms with E-state index in [9.17, 15) is 0 Å². The van der Waals surface area contributed by atoms with Crippen LogP contribution in [0.5, 0.6) is 0 Å². The molecule has 1 spiro atoms. The maximum atomic E-state index is 6.02. The average Bonchev–Trinajstić information content (AvgIpc) is 3.11. The van der Waals surface area contributed by atoms with Crippen molar-refractivity contribution >= 4 is 0 Å². The molecule has 1 aliphatic heterocycles. The highest BCUT2D eigenvalue weighted by atomic mass is 16.5. The van der Waals surface area contributed by atoms with Crippen LogP contribution in [-0.2, 0) is 4.74 Å². The third-order valence-electron chi connectivity index (χ3n) is 6.39. The maximum absolute atomic E-state index is 6.02. The molecule has 0 amide bonds. The summed E-state index contributed by atoms with van der Waals surface area (Å²) in [6.07, 6.45) is 8.75. The molecule has 1 saturated heterocycles. The van der Waals surface area contributed by atoms with Gasteiger partial charge in [-0.1, -0.05) is 12.8 Å². The van der Waals surface area contributed by atoms with E-state index in [2.05, 4.69) is 31.0 Å². The minimum Gasteiger partial charge on any atom is -0.378 e. The molecule has 3 aliphatic rings. The van der Waals surface area contributed by atoms with Gasteiger partial charge in [0.25, 0.3) is 0 Å². The van der Waals surface area contributed by atoms with E-state index < -0.39 is 0 Å². The van der Waals surface area contributed by atoms with Crippen molar-refractivity contribution in [1.82, 2.24) is 10.2 Å². The van der Waals surface area contributed by atoms with Crippen molar-refractivity contribution in [1.29, 1.82) is 0 Å². The topological polar surface area (TPSA) is 24.5 Å². The van der Waals surface area contributed by atoms with Crippen LogP contribution in [0, 0.1) is 11.3 Å². The van der Waals surface area contributed by atoms with Crippen molar-refractivity contribution in [3.63, 3.8) is 0 Å². The van der Waals surface area contributed by atoms with E-state index in [0.717, 1.165) is 18.6 Å². The van der Waals surface area contributed by atoms with Crippen molar-refractivity contribution in [3.8, 4) is 0 Å². The second kappa shape index (κ2) is 6.55. The van der Waals surface area contributed by atoms with Crippen LogP contribution in [0.4, 0.5) is 0 Å². The molecule has 3 fully saturated rings. The molecular weight excluding hydrogens is 260 g/mol. The first-order chi connectivity index (χ1) is 10.2. The molecule has 0 aromatic rings. The van der Waals surface area contributed by atoms with E-state index in [1.54, 1.807) is 0 Å². The number of likely N-dealkylation sites (tertiary alicyclic amines) is 1. The molecule has 3 rings (SSSR count). The largest absolute Gasteiger partial charge is 0.378 e. The van der Waals surface area contributed by atoms with Gasteiger partial charge in [0.05, 0.1) is 6.10 Å². The van der Waals surface area contributed by atoms with Gasteiger partial charge in [0.2, 0.25) is 0 Å². The maximum Gasteiger partial charge on any atom is 0.0661 e. The van der Waals surface area contributed by atoms with Gasteiger partial charge in [0.15, 0.2) is 0 Å². The second-order valence-corrected chi connectivity index (χ2v) is 7.82. The lowest BCUT2D eigenvalue weighted by atomic mass is 9.60. The zero-order chi connectivity index (χ0) is 14.9. The predicted molar refractivity (Wildman–Crippen MR) is 87.5 cm³/mol. The number of rotatable bonds is 6. The predicted octanol–water partition coefficient (Wildman–Crippen LogP) is 3.04. The van der Waals surface area contributed by atoms with Gasteiger partial charge in [0, 0.05) is 30.7 Å². The summed E-state index contributed by atoms with van der Waals surface area (Å²) in [7, 11) is 0. The molecule has 3 heteroatoms. The Labute approximate surface area is 130 Å². The summed E-state index contributed by atoms with van der Waals surface area (Å²) in [5.74, 6) is 0.858. The Morgan fingerprint density at radius 1 is 1.29 bits per heavy atom. The fourth-order valence-electron chi connectivity index (χ4n) is 4.98. The molecule has 0 radical (unpaired) electrons. The number of nitrogens with one attached hydrogen (secondary N) is 1. The Balaban J connectivity index is 1.48. The first-order valence-electron chi connectivity index (χ1n) is 9.24. The monoisotopic (exact) mass is 294 g/mol. The summed E-state index contributed by atoms with van der Waals surface area (Å²) in [5, 5.41) is 3.94. The summed E-state index contributed by atoms with van der Waals surface area (Å²) < 4.78 is 6.02. The Kier molecular flexibility index (Phi) is 4.92. The van der Waals surface area contributed by atoms with Crippen LogP contribution >= 0.6 is 0 Å². The van der Waals surface area contributed by atoms with Gasteiger partial charge in [-0.05, 0) is 65.5 Å². The second-order valence-electron chi connectivity index (χ2n) is 7.82. The number of ether oxygens (including phenoxy) is 1. The van der Waals surface area contributed by atoms with E-state index in [1.165, 1.54) is 58.2 Å². The Bertz CT molecular complexity index is 338. The molecule has 3 nitrogen and oxygen atoms in total. The Hall–Kier alpha value is -0.120. The molecule has 122 valence electrons. The molecule has 1 heterocycles. The molecule has 0 aromatic carbocycles. The van der Waals surface area contributed by atoms with Gasteiger partial charge in [-0.25, -0.2) is 0 Å². The van der Waals surface area contributed by atoms with Crippen molar-refractivity contribution in [3.05, 3.63) is 0 Å². The third-order valence-corrected chi connectivity index (χ3v) is 6.39. The zero-order valence-electron chi connectivity index (χ0n) is 14.2. The lowest BCUT2D eigenvalue weighted by Gasteiger charge is -2.54. The quantitative estimate of drug-likeness (QED) is 0.815. The van der Waals surface area contributed by atoms with Crippen molar-refractivity contribution in [2.24, 2.45) is 11.3 Å². The first kappa shape index (κ1) is 15.8. The number of nitrogens with zero attached hydrogens (tertiary/aromatic N) is 1. The van der Waals surface area contributed by atoms with Crippen LogP contribution in [0.2, 0.25) is 0 Å². The third kappa shape index (κ3) is 3.02. The molecule has 1 N–H and O–H groups in total. The fourth-order valence-corrected chi connectivity index (χ4v) is 4.98. The summed E-state index contributed by atoms with van der Waals surface area (Å²) in [6, 6.07) is 1.44. The molecule has 0 bridgehead atoms. The highest BCUT2D eigenvalue weighted by Crippen LogP contribution is 2.54. The summed E-state index contributed by atoms with van der Waals surface area (Å²) in [4.78, 5) is 2.63. The fraction of sp³-hybridized carbons (Fsp3) is 1.00. The minimum atomic E-state index is 0.492. The smallest absolute Gasteiger partial charge is 0.0661 e. The SMILES string of the molecule is CCOC1CC(NCC2CCN(C(C)C)C2)C12CCCC2. The van der Waals surface area contributed by atoms with E-state index in [4.69, 9.17) is 4.74 Å². The zero-order valence-corrected chi connectivity index (χ0v) is 14.2. The average molecular weight is 294 g/mol. The van der Waals surface area contributed by atoms with E-state index in [-0.39, 0.29) is 0 Å². The molecule has 0 aromatic heterocycles.